The van der Waals surface area contributed by atoms with Gasteiger partial charge in [0, 0.05) is 0 Å². The maximum absolute atomic E-state index is 13.9. The molecule has 0 spiro atoms. The number of amides is 1. The van der Waals surface area contributed by atoms with Crippen LogP contribution in [0.5, 0.6) is 0 Å². The van der Waals surface area contributed by atoms with Gasteiger partial charge in [-0.05, 0) is 37.3 Å². The lowest BCUT2D eigenvalue weighted by Crippen LogP contribution is -2.30. The topological polar surface area (TPSA) is 66.4 Å². The lowest BCUT2D eigenvalue weighted by atomic mass is 9.95. The van der Waals surface area contributed by atoms with E-state index in [9.17, 15) is 18.4 Å². The SMILES string of the molecule is Cc1ccc(F)c(NC(=O)[C@H]2CC(C)C[C@H]2C(=O)O)c1F. The fourth-order valence-corrected chi connectivity index (χ4v) is 2.84. The Morgan fingerprint density at radius 2 is 1.86 bits per heavy atom. The number of aliphatic carboxylic acids is 1. The molecule has 2 N–H and O–H groups in total. The number of halogens is 2. The number of aryl methyl sites for hydroxylation is 1. The largest absolute Gasteiger partial charge is 0.481 e. The van der Waals surface area contributed by atoms with Gasteiger partial charge in [0.2, 0.25) is 5.91 Å². The molecule has 2 rings (SSSR count). The molecule has 0 saturated heterocycles. The highest BCUT2D eigenvalue weighted by atomic mass is 19.1. The number of carboxylic acid groups (broad SMARTS) is 1. The van der Waals surface area contributed by atoms with E-state index in [1.807, 2.05) is 6.92 Å². The predicted molar refractivity (Wildman–Crippen MR) is 72.7 cm³/mol. The Morgan fingerprint density at radius 3 is 2.48 bits per heavy atom. The van der Waals surface area contributed by atoms with Crippen LogP contribution in [-0.4, -0.2) is 17.0 Å². The average molecular weight is 297 g/mol. The number of rotatable bonds is 3. The smallest absolute Gasteiger partial charge is 0.307 e. The minimum Gasteiger partial charge on any atom is -0.481 e. The van der Waals surface area contributed by atoms with Crippen molar-refractivity contribution in [3.8, 4) is 0 Å². The van der Waals surface area contributed by atoms with Gasteiger partial charge in [0.25, 0.3) is 0 Å². The molecule has 0 aromatic heterocycles. The first-order valence-corrected chi connectivity index (χ1v) is 6.79. The van der Waals surface area contributed by atoms with Crippen molar-refractivity contribution in [2.45, 2.75) is 26.7 Å². The monoisotopic (exact) mass is 297 g/mol. The predicted octanol–water partition coefficient (Wildman–Crippen LogP) is 2.96. The van der Waals surface area contributed by atoms with Crippen LogP contribution in [0.3, 0.4) is 0 Å². The highest BCUT2D eigenvalue weighted by molar-refractivity contribution is 5.95. The van der Waals surface area contributed by atoms with Crippen molar-refractivity contribution in [1.82, 2.24) is 0 Å². The molecule has 3 atom stereocenters. The molecule has 21 heavy (non-hydrogen) atoms. The van der Waals surface area contributed by atoms with Crippen molar-refractivity contribution in [1.29, 1.82) is 0 Å². The number of hydrogen-bond donors (Lipinski definition) is 2. The second-order valence-corrected chi connectivity index (χ2v) is 5.67. The van der Waals surface area contributed by atoms with E-state index in [0.29, 0.717) is 12.8 Å². The van der Waals surface area contributed by atoms with Gasteiger partial charge in [0.05, 0.1) is 11.8 Å². The van der Waals surface area contributed by atoms with E-state index in [-0.39, 0.29) is 11.5 Å². The van der Waals surface area contributed by atoms with Crippen LogP contribution in [0.2, 0.25) is 0 Å². The van der Waals surface area contributed by atoms with Crippen molar-refractivity contribution in [3.63, 3.8) is 0 Å². The summed E-state index contributed by atoms with van der Waals surface area (Å²) >= 11 is 0. The quantitative estimate of drug-likeness (QED) is 0.901. The summed E-state index contributed by atoms with van der Waals surface area (Å²) in [6.07, 6.45) is 0.796. The maximum atomic E-state index is 13.9. The lowest BCUT2D eigenvalue weighted by Gasteiger charge is -2.16. The van der Waals surface area contributed by atoms with E-state index >= 15 is 0 Å². The Hall–Kier alpha value is -1.98. The molecule has 0 aliphatic heterocycles. The van der Waals surface area contributed by atoms with E-state index in [4.69, 9.17) is 5.11 Å². The molecular weight excluding hydrogens is 280 g/mol. The first-order chi connectivity index (χ1) is 9.81. The molecule has 1 amide bonds. The number of carbonyl (C=O) groups is 2. The fourth-order valence-electron chi connectivity index (χ4n) is 2.84. The summed E-state index contributed by atoms with van der Waals surface area (Å²) in [5.74, 6) is -4.88. The molecule has 1 fully saturated rings. The zero-order chi connectivity index (χ0) is 15.7. The van der Waals surface area contributed by atoms with Crippen molar-refractivity contribution in [2.75, 3.05) is 5.32 Å². The zero-order valence-corrected chi connectivity index (χ0v) is 11.8. The summed E-state index contributed by atoms with van der Waals surface area (Å²) < 4.78 is 27.5. The fraction of sp³-hybridized carbons (Fsp3) is 0.467. The Labute approximate surface area is 121 Å². The Kier molecular flexibility index (Phi) is 4.25. The summed E-state index contributed by atoms with van der Waals surface area (Å²) in [6, 6.07) is 2.35. The summed E-state index contributed by atoms with van der Waals surface area (Å²) in [5.41, 5.74) is -0.301. The van der Waals surface area contributed by atoms with Crippen molar-refractivity contribution >= 4 is 17.6 Å². The Bertz CT molecular complexity index is 589. The number of anilines is 1. The molecule has 0 heterocycles. The number of nitrogens with one attached hydrogen (secondary N) is 1. The van der Waals surface area contributed by atoms with Crippen LogP contribution in [-0.2, 0) is 9.59 Å². The van der Waals surface area contributed by atoms with Gasteiger partial charge in [-0.1, -0.05) is 13.0 Å². The van der Waals surface area contributed by atoms with Crippen LogP contribution in [0.4, 0.5) is 14.5 Å². The van der Waals surface area contributed by atoms with Gasteiger partial charge in [0.15, 0.2) is 5.82 Å². The summed E-state index contributed by atoms with van der Waals surface area (Å²) in [4.78, 5) is 23.4. The third kappa shape index (κ3) is 3.04. The van der Waals surface area contributed by atoms with Crippen molar-refractivity contribution in [2.24, 2.45) is 17.8 Å². The highest BCUT2D eigenvalue weighted by Gasteiger charge is 2.41. The van der Waals surface area contributed by atoms with E-state index in [0.717, 1.165) is 6.07 Å². The molecule has 1 saturated carbocycles. The van der Waals surface area contributed by atoms with Gasteiger partial charge in [-0.15, -0.1) is 0 Å². The first kappa shape index (κ1) is 15.4. The molecule has 1 aromatic carbocycles. The number of carboxylic acids is 1. The third-order valence-corrected chi connectivity index (χ3v) is 3.98. The molecule has 6 heteroatoms. The maximum Gasteiger partial charge on any atom is 0.307 e. The third-order valence-electron chi connectivity index (χ3n) is 3.98. The van der Waals surface area contributed by atoms with Crippen LogP contribution < -0.4 is 5.32 Å². The summed E-state index contributed by atoms with van der Waals surface area (Å²) in [7, 11) is 0. The van der Waals surface area contributed by atoms with Crippen molar-refractivity contribution in [3.05, 3.63) is 29.3 Å². The second-order valence-electron chi connectivity index (χ2n) is 5.67. The highest BCUT2D eigenvalue weighted by Crippen LogP contribution is 2.37. The van der Waals surface area contributed by atoms with Gasteiger partial charge in [0.1, 0.15) is 11.5 Å². The number of benzene rings is 1. The molecular formula is C15H17F2NO3. The van der Waals surface area contributed by atoms with Gasteiger partial charge in [-0.3, -0.25) is 9.59 Å². The minimum absolute atomic E-state index is 0.0917. The molecule has 0 radical (unpaired) electrons. The molecule has 1 aromatic rings. The molecule has 0 bridgehead atoms. The molecule has 1 unspecified atom stereocenters. The van der Waals surface area contributed by atoms with E-state index in [1.165, 1.54) is 13.0 Å². The minimum atomic E-state index is -1.05. The van der Waals surface area contributed by atoms with Crippen LogP contribution in [0.1, 0.15) is 25.3 Å². The first-order valence-electron chi connectivity index (χ1n) is 6.79. The van der Waals surface area contributed by atoms with Crippen LogP contribution >= 0.6 is 0 Å². The summed E-state index contributed by atoms with van der Waals surface area (Å²) in [6.45, 7) is 3.32. The van der Waals surface area contributed by atoms with E-state index in [1.54, 1.807) is 0 Å². The molecule has 1 aliphatic carbocycles. The number of carbonyl (C=O) groups excluding carboxylic acids is 1. The molecule has 1 aliphatic rings. The van der Waals surface area contributed by atoms with Crippen molar-refractivity contribution < 1.29 is 23.5 Å². The van der Waals surface area contributed by atoms with Crippen LogP contribution in [0.15, 0.2) is 12.1 Å². The molecule has 4 nitrogen and oxygen atoms in total. The number of hydrogen-bond acceptors (Lipinski definition) is 2. The average Bonchev–Trinajstić information content (AvgIpc) is 2.81. The Morgan fingerprint density at radius 1 is 1.24 bits per heavy atom. The summed E-state index contributed by atoms with van der Waals surface area (Å²) in [5, 5.41) is 11.4. The van der Waals surface area contributed by atoms with E-state index in [2.05, 4.69) is 5.32 Å². The zero-order valence-electron chi connectivity index (χ0n) is 11.8. The van der Waals surface area contributed by atoms with E-state index < -0.39 is 41.0 Å². The van der Waals surface area contributed by atoms with Crippen LogP contribution in [0.25, 0.3) is 0 Å². The van der Waals surface area contributed by atoms with Gasteiger partial charge in [-0.2, -0.15) is 0 Å². The molecule has 114 valence electrons. The lowest BCUT2D eigenvalue weighted by molar-refractivity contribution is -0.145. The second kappa shape index (κ2) is 5.79. The van der Waals surface area contributed by atoms with Crippen LogP contribution in [0, 0.1) is 36.3 Å². The standard InChI is InChI=1S/C15H17F2NO3/c1-7-5-9(10(6-7)15(20)21)14(19)18-13-11(16)4-3-8(2)12(13)17/h3-4,7,9-10H,5-6H2,1-2H3,(H,18,19)(H,20,21)/t7?,9-,10+/m0/s1. The normalized spacial score (nSPS) is 24.9. The van der Waals surface area contributed by atoms with Gasteiger partial charge < -0.3 is 10.4 Å². The Balaban J connectivity index is 2.22. The van der Waals surface area contributed by atoms with Gasteiger partial charge in [-0.25, -0.2) is 8.78 Å². The van der Waals surface area contributed by atoms with Gasteiger partial charge >= 0.3 is 5.97 Å².